The van der Waals surface area contributed by atoms with Crippen molar-refractivity contribution in [2.24, 2.45) is 0 Å². The number of anilines is 2. The third kappa shape index (κ3) is 4.67. The molecule has 0 amide bonds. The Morgan fingerprint density at radius 1 is 1.23 bits per heavy atom. The van der Waals surface area contributed by atoms with E-state index in [1.54, 1.807) is 0 Å². The number of benzene rings is 2. The number of para-hydroxylation sites is 1. The first kappa shape index (κ1) is 18.5. The highest BCUT2D eigenvalue weighted by molar-refractivity contribution is 7.80. The van der Waals surface area contributed by atoms with Gasteiger partial charge in [-0.05, 0) is 62.7 Å². The summed E-state index contributed by atoms with van der Waals surface area (Å²) in [7, 11) is 0. The molecule has 138 valence electrons. The summed E-state index contributed by atoms with van der Waals surface area (Å²) in [4.78, 5) is 2.50. The van der Waals surface area contributed by atoms with Crippen LogP contribution in [0.3, 0.4) is 0 Å². The average molecular weight is 370 g/mol. The second kappa shape index (κ2) is 8.90. The summed E-state index contributed by atoms with van der Waals surface area (Å²) in [6.45, 7) is 6.82. The molecule has 5 heteroatoms. The first-order chi connectivity index (χ1) is 12.7. The van der Waals surface area contributed by atoms with Crippen molar-refractivity contribution in [3.05, 3.63) is 54.1 Å². The van der Waals surface area contributed by atoms with Crippen LogP contribution in [0.15, 0.2) is 48.5 Å². The molecule has 4 nitrogen and oxygen atoms in total. The number of fused-ring (bicyclic) bond motifs is 1. The molecular weight excluding hydrogens is 342 g/mol. The van der Waals surface area contributed by atoms with Gasteiger partial charge < -0.3 is 20.3 Å². The van der Waals surface area contributed by atoms with Crippen LogP contribution in [0.25, 0.3) is 0 Å². The lowest BCUT2D eigenvalue weighted by Crippen LogP contribution is -2.34. The molecule has 0 radical (unpaired) electrons. The Hall–Kier alpha value is -2.27. The zero-order chi connectivity index (χ0) is 18.4. The third-order valence-corrected chi connectivity index (χ3v) is 4.86. The molecule has 1 unspecified atom stereocenters. The molecule has 0 aromatic heterocycles. The van der Waals surface area contributed by atoms with Crippen molar-refractivity contribution in [2.75, 3.05) is 29.9 Å². The van der Waals surface area contributed by atoms with Gasteiger partial charge in [-0.3, -0.25) is 0 Å². The predicted octanol–water partition coefficient (Wildman–Crippen LogP) is 4.21. The van der Waals surface area contributed by atoms with E-state index in [1.807, 2.05) is 31.2 Å². The van der Waals surface area contributed by atoms with Crippen molar-refractivity contribution < 1.29 is 4.74 Å². The van der Waals surface area contributed by atoms with E-state index in [4.69, 9.17) is 17.0 Å². The Labute approximate surface area is 161 Å². The monoisotopic (exact) mass is 369 g/mol. The van der Waals surface area contributed by atoms with Gasteiger partial charge in [0.05, 0.1) is 6.61 Å². The number of rotatable bonds is 7. The van der Waals surface area contributed by atoms with Gasteiger partial charge in [0.1, 0.15) is 5.75 Å². The van der Waals surface area contributed by atoms with E-state index in [1.165, 1.54) is 11.3 Å². The average Bonchev–Trinajstić information content (AvgIpc) is 2.95. The summed E-state index contributed by atoms with van der Waals surface area (Å²) in [5, 5.41) is 7.17. The van der Waals surface area contributed by atoms with Gasteiger partial charge in [-0.25, -0.2) is 0 Å². The standard InChI is InChI=1S/C21H27N3OS/c1-3-25-19-10-6-9-18(15-19)23-21(26)22-12-7-13-24-16(2)14-17-8-4-5-11-20(17)24/h4-6,8-11,15-16H,3,7,12-14H2,1-2H3,(H2,22,23,26). The van der Waals surface area contributed by atoms with Crippen LogP contribution in [-0.2, 0) is 6.42 Å². The lowest BCUT2D eigenvalue weighted by molar-refractivity contribution is 0.340. The molecule has 3 rings (SSSR count). The van der Waals surface area contributed by atoms with Gasteiger partial charge in [0.15, 0.2) is 5.11 Å². The Bertz CT molecular complexity index is 750. The maximum atomic E-state index is 5.51. The van der Waals surface area contributed by atoms with Crippen LogP contribution in [0.5, 0.6) is 5.75 Å². The second-order valence-corrected chi connectivity index (χ2v) is 6.98. The summed E-state index contributed by atoms with van der Waals surface area (Å²) >= 11 is 5.40. The number of nitrogens with zero attached hydrogens (tertiary/aromatic N) is 1. The van der Waals surface area contributed by atoms with Crippen LogP contribution < -0.4 is 20.3 Å². The van der Waals surface area contributed by atoms with Gasteiger partial charge >= 0.3 is 0 Å². The molecule has 0 bridgehead atoms. The van der Waals surface area contributed by atoms with Crippen molar-refractivity contribution in [3.8, 4) is 5.75 Å². The normalized spacial score (nSPS) is 15.5. The van der Waals surface area contributed by atoms with E-state index in [9.17, 15) is 0 Å². The van der Waals surface area contributed by atoms with E-state index < -0.39 is 0 Å². The Morgan fingerprint density at radius 2 is 2.08 bits per heavy atom. The summed E-state index contributed by atoms with van der Waals surface area (Å²) in [6, 6.07) is 17.1. The number of hydrogen-bond acceptors (Lipinski definition) is 3. The van der Waals surface area contributed by atoms with Crippen molar-refractivity contribution in [3.63, 3.8) is 0 Å². The van der Waals surface area contributed by atoms with Crippen molar-refractivity contribution in [1.29, 1.82) is 0 Å². The molecule has 0 fully saturated rings. The molecule has 1 aliphatic rings. The predicted molar refractivity (Wildman–Crippen MR) is 113 cm³/mol. The fraction of sp³-hybridized carbons (Fsp3) is 0.381. The van der Waals surface area contributed by atoms with E-state index in [-0.39, 0.29) is 0 Å². The molecule has 0 aliphatic carbocycles. The maximum Gasteiger partial charge on any atom is 0.170 e. The van der Waals surface area contributed by atoms with Crippen LogP contribution in [0.4, 0.5) is 11.4 Å². The molecule has 1 heterocycles. The van der Waals surface area contributed by atoms with Crippen LogP contribution in [0, 0.1) is 0 Å². The van der Waals surface area contributed by atoms with Crippen LogP contribution in [0.2, 0.25) is 0 Å². The number of ether oxygens (including phenoxy) is 1. The fourth-order valence-corrected chi connectivity index (χ4v) is 3.65. The zero-order valence-corrected chi connectivity index (χ0v) is 16.3. The highest BCUT2D eigenvalue weighted by Crippen LogP contribution is 2.31. The molecule has 2 aromatic carbocycles. The number of thiocarbonyl (C=S) groups is 1. The SMILES string of the molecule is CCOc1cccc(NC(=S)NCCCN2c3ccccc3CC2C)c1. The molecule has 0 saturated carbocycles. The second-order valence-electron chi connectivity index (χ2n) is 6.57. The molecular formula is C21H27N3OS. The van der Waals surface area contributed by atoms with Gasteiger partial charge in [0.25, 0.3) is 0 Å². The quantitative estimate of drug-likeness (QED) is 0.565. The number of nitrogens with one attached hydrogen (secondary N) is 2. The van der Waals surface area contributed by atoms with Gasteiger partial charge in [-0.2, -0.15) is 0 Å². The first-order valence-electron chi connectivity index (χ1n) is 9.29. The minimum absolute atomic E-state index is 0.568. The van der Waals surface area contributed by atoms with E-state index in [0.717, 1.165) is 37.4 Å². The van der Waals surface area contributed by atoms with Gasteiger partial charge in [-0.15, -0.1) is 0 Å². The molecule has 1 aliphatic heterocycles. The lowest BCUT2D eigenvalue weighted by atomic mass is 10.1. The third-order valence-electron chi connectivity index (χ3n) is 4.61. The maximum absolute atomic E-state index is 5.51. The number of hydrogen-bond donors (Lipinski definition) is 2. The minimum Gasteiger partial charge on any atom is -0.494 e. The van der Waals surface area contributed by atoms with E-state index in [0.29, 0.717) is 17.8 Å². The Balaban J connectivity index is 1.42. The summed E-state index contributed by atoms with van der Waals surface area (Å²) < 4.78 is 5.51. The lowest BCUT2D eigenvalue weighted by Gasteiger charge is -2.25. The minimum atomic E-state index is 0.568. The van der Waals surface area contributed by atoms with Crippen LogP contribution in [-0.4, -0.2) is 30.9 Å². The van der Waals surface area contributed by atoms with Crippen LogP contribution >= 0.6 is 12.2 Å². The van der Waals surface area contributed by atoms with E-state index in [2.05, 4.69) is 46.7 Å². The van der Waals surface area contributed by atoms with Gasteiger partial charge in [0.2, 0.25) is 0 Å². The summed E-state index contributed by atoms with van der Waals surface area (Å²) in [6.07, 6.45) is 2.18. The first-order valence-corrected chi connectivity index (χ1v) is 9.70. The molecule has 0 spiro atoms. The molecule has 0 saturated heterocycles. The molecule has 2 N–H and O–H groups in total. The smallest absolute Gasteiger partial charge is 0.170 e. The molecule has 1 atom stereocenters. The highest BCUT2D eigenvalue weighted by Gasteiger charge is 2.24. The van der Waals surface area contributed by atoms with Crippen molar-refractivity contribution in [1.82, 2.24) is 5.32 Å². The van der Waals surface area contributed by atoms with Crippen molar-refractivity contribution >= 4 is 28.7 Å². The van der Waals surface area contributed by atoms with Crippen molar-refractivity contribution in [2.45, 2.75) is 32.7 Å². The van der Waals surface area contributed by atoms with E-state index >= 15 is 0 Å². The topological polar surface area (TPSA) is 36.5 Å². The Morgan fingerprint density at radius 3 is 2.92 bits per heavy atom. The highest BCUT2D eigenvalue weighted by atomic mass is 32.1. The summed E-state index contributed by atoms with van der Waals surface area (Å²) in [5.74, 6) is 0.849. The van der Waals surface area contributed by atoms with Crippen LogP contribution in [0.1, 0.15) is 25.8 Å². The Kier molecular flexibility index (Phi) is 6.34. The zero-order valence-electron chi connectivity index (χ0n) is 15.5. The van der Waals surface area contributed by atoms with Gasteiger partial charge in [0, 0.05) is 36.6 Å². The summed E-state index contributed by atoms with van der Waals surface area (Å²) in [5.41, 5.74) is 3.78. The molecule has 2 aromatic rings. The largest absolute Gasteiger partial charge is 0.494 e. The molecule has 26 heavy (non-hydrogen) atoms. The van der Waals surface area contributed by atoms with Gasteiger partial charge in [-0.1, -0.05) is 24.3 Å². The fourth-order valence-electron chi connectivity index (χ4n) is 3.43.